The highest BCUT2D eigenvalue weighted by molar-refractivity contribution is 6.51. The van der Waals surface area contributed by atoms with Gasteiger partial charge >= 0.3 is 19.1 Å². The summed E-state index contributed by atoms with van der Waals surface area (Å²) in [5.41, 5.74) is 0.190. The van der Waals surface area contributed by atoms with Crippen molar-refractivity contribution >= 4 is 30.9 Å². The van der Waals surface area contributed by atoms with Crippen LogP contribution in [0.4, 0.5) is 0 Å². The second-order valence-corrected chi connectivity index (χ2v) is 10.8. The number of benzene rings is 1. The molecule has 1 saturated heterocycles. The molecular weight excluding hydrogens is 503 g/mol. The molecule has 1 aliphatic rings. The third-order valence-electron chi connectivity index (χ3n) is 5.65. The Bertz CT molecular complexity index is 1140. The van der Waals surface area contributed by atoms with Gasteiger partial charge in [-0.15, -0.1) is 0 Å². The summed E-state index contributed by atoms with van der Waals surface area (Å²) in [5, 5.41) is 5.62. The minimum Gasteiger partial charge on any atom is -0.506 e. The first-order chi connectivity index (χ1) is 18.4. The fraction of sp³-hybridized carbons (Fsp3) is 0.481. The van der Waals surface area contributed by atoms with Crippen LogP contribution in [0.25, 0.3) is 0 Å². The summed E-state index contributed by atoms with van der Waals surface area (Å²) in [4.78, 5) is 59.0. The first-order valence-electron chi connectivity index (χ1n) is 12.9. The van der Waals surface area contributed by atoms with Gasteiger partial charge in [-0.05, 0) is 38.7 Å². The van der Waals surface area contributed by atoms with Crippen molar-refractivity contribution in [2.45, 2.75) is 77.6 Å². The Morgan fingerprint density at radius 3 is 2.44 bits per heavy atom. The van der Waals surface area contributed by atoms with Crippen LogP contribution in [-0.2, 0) is 34.9 Å². The number of ether oxygens (including phenoxy) is 1. The molecule has 0 bridgehead atoms. The number of esters is 1. The van der Waals surface area contributed by atoms with E-state index in [-0.39, 0.29) is 24.5 Å². The van der Waals surface area contributed by atoms with Gasteiger partial charge in [0.15, 0.2) is 6.10 Å². The Balaban J connectivity index is 1.74. The molecule has 1 aliphatic heterocycles. The summed E-state index contributed by atoms with van der Waals surface area (Å²) in [6.45, 7) is 9.08. The Morgan fingerprint density at radius 1 is 1.10 bits per heavy atom. The van der Waals surface area contributed by atoms with Crippen LogP contribution in [-0.4, -0.2) is 64.5 Å². The molecule has 2 unspecified atom stereocenters. The first-order valence-corrected chi connectivity index (χ1v) is 12.9. The Hall–Kier alpha value is -3.80. The van der Waals surface area contributed by atoms with Crippen molar-refractivity contribution in [2.75, 3.05) is 0 Å². The summed E-state index contributed by atoms with van der Waals surface area (Å²) in [7, 11) is -1.11. The number of carbonyl (C=O) groups is 4. The summed E-state index contributed by atoms with van der Waals surface area (Å²) in [6.07, 6.45) is 3.32. The quantitative estimate of drug-likeness (QED) is 0.324. The summed E-state index contributed by atoms with van der Waals surface area (Å²) >= 11 is 0. The number of rotatable bonds is 11. The third-order valence-corrected chi connectivity index (χ3v) is 5.65. The summed E-state index contributed by atoms with van der Waals surface area (Å²) < 4.78 is 16.5. The van der Waals surface area contributed by atoms with Gasteiger partial charge in [-0.3, -0.25) is 24.2 Å². The molecule has 0 radical (unpaired) electrons. The zero-order valence-electron chi connectivity index (χ0n) is 22.9. The minimum absolute atomic E-state index is 0.0696. The van der Waals surface area contributed by atoms with Crippen LogP contribution in [0.5, 0.6) is 0 Å². The molecule has 2 heterocycles. The highest BCUT2D eigenvalue weighted by atomic mass is 16.7. The fourth-order valence-electron chi connectivity index (χ4n) is 4.02. The van der Waals surface area contributed by atoms with Crippen molar-refractivity contribution in [3.8, 4) is 0 Å². The molecule has 1 aromatic heterocycles. The molecule has 2 N–H and O–H groups in total. The SMILES string of the molecule is CC(C)C[C@H](NC(=O)C(Cc1ccccc1)NC(=O)c1cnccn1)B1OC(=O)C(CC(=O)OC(C)(C)C)O1. The van der Waals surface area contributed by atoms with Gasteiger partial charge in [0, 0.05) is 18.8 Å². The normalized spacial score (nSPS) is 16.8. The highest BCUT2D eigenvalue weighted by Gasteiger charge is 2.47. The molecule has 2 aromatic rings. The zero-order valence-corrected chi connectivity index (χ0v) is 22.9. The van der Waals surface area contributed by atoms with E-state index in [1.165, 1.54) is 18.6 Å². The lowest BCUT2D eigenvalue weighted by Gasteiger charge is -2.25. The molecule has 1 fully saturated rings. The van der Waals surface area contributed by atoms with Crippen LogP contribution in [0.3, 0.4) is 0 Å². The monoisotopic (exact) mass is 538 g/mol. The van der Waals surface area contributed by atoms with Gasteiger partial charge in [0.25, 0.3) is 5.91 Å². The Morgan fingerprint density at radius 2 is 1.82 bits per heavy atom. The minimum atomic E-state index is -1.15. The second kappa shape index (κ2) is 13.3. The van der Waals surface area contributed by atoms with Gasteiger partial charge in [0.1, 0.15) is 17.3 Å². The predicted octanol–water partition coefficient (Wildman–Crippen LogP) is 2.05. The molecule has 3 rings (SSSR count). The van der Waals surface area contributed by atoms with E-state index in [2.05, 4.69) is 20.6 Å². The van der Waals surface area contributed by atoms with Crippen molar-refractivity contribution < 1.29 is 33.2 Å². The molecule has 0 saturated carbocycles. The molecule has 3 atom stereocenters. The third kappa shape index (κ3) is 9.47. The summed E-state index contributed by atoms with van der Waals surface area (Å²) in [6, 6.07) is 8.27. The molecule has 2 amide bonds. The molecule has 0 spiro atoms. The van der Waals surface area contributed by atoms with Gasteiger partial charge in [0.05, 0.1) is 18.6 Å². The van der Waals surface area contributed by atoms with E-state index in [1.807, 2.05) is 44.2 Å². The van der Waals surface area contributed by atoms with Crippen molar-refractivity contribution in [3.05, 3.63) is 60.2 Å². The van der Waals surface area contributed by atoms with Gasteiger partial charge in [-0.1, -0.05) is 44.2 Å². The van der Waals surface area contributed by atoms with Crippen LogP contribution < -0.4 is 10.6 Å². The maximum Gasteiger partial charge on any atom is 0.552 e. The lowest BCUT2D eigenvalue weighted by Crippen LogP contribution is -2.55. The largest absolute Gasteiger partial charge is 0.552 e. The van der Waals surface area contributed by atoms with E-state index in [0.29, 0.717) is 6.42 Å². The molecule has 11 nitrogen and oxygen atoms in total. The van der Waals surface area contributed by atoms with Gasteiger partial charge in [-0.25, -0.2) is 4.98 Å². The van der Waals surface area contributed by atoms with E-state index in [9.17, 15) is 19.2 Å². The number of amides is 2. The number of nitrogens with one attached hydrogen (secondary N) is 2. The summed E-state index contributed by atoms with van der Waals surface area (Å²) in [5.74, 6) is -2.96. The zero-order chi connectivity index (χ0) is 28.6. The van der Waals surface area contributed by atoms with Gasteiger partial charge < -0.3 is 24.7 Å². The Kier molecular flexibility index (Phi) is 10.2. The average Bonchev–Trinajstić information content (AvgIpc) is 3.22. The first kappa shape index (κ1) is 29.8. The highest BCUT2D eigenvalue weighted by Crippen LogP contribution is 2.21. The van der Waals surface area contributed by atoms with E-state index in [1.54, 1.807) is 20.8 Å². The van der Waals surface area contributed by atoms with E-state index >= 15 is 0 Å². The van der Waals surface area contributed by atoms with E-state index < -0.39 is 54.6 Å². The van der Waals surface area contributed by atoms with Crippen molar-refractivity contribution in [1.29, 1.82) is 0 Å². The number of aromatic nitrogens is 2. The standard InChI is InChI=1S/C27H35BN4O7/c1-17(2)13-22(28-38-21(26(36)39-28)15-23(33)37-27(3,4)5)32-24(34)19(14-18-9-7-6-8-10-18)31-25(35)20-16-29-11-12-30-20/h6-12,16-17,19,21-22H,13-15H2,1-5H3,(H,31,35)(H,32,34)/t19?,21?,22-/m0/s1. The van der Waals surface area contributed by atoms with Crippen LogP contribution in [0.15, 0.2) is 48.9 Å². The molecular formula is C27H35BN4O7. The average molecular weight is 538 g/mol. The topological polar surface area (TPSA) is 146 Å². The molecule has 1 aromatic carbocycles. The smallest absolute Gasteiger partial charge is 0.506 e. The van der Waals surface area contributed by atoms with Crippen LogP contribution >= 0.6 is 0 Å². The van der Waals surface area contributed by atoms with Crippen LogP contribution in [0, 0.1) is 5.92 Å². The van der Waals surface area contributed by atoms with E-state index in [0.717, 1.165) is 5.56 Å². The van der Waals surface area contributed by atoms with E-state index in [4.69, 9.17) is 14.0 Å². The maximum atomic E-state index is 13.5. The van der Waals surface area contributed by atoms with Crippen molar-refractivity contribution in [2.24, 2.45) is 5.92 Å². The molecule has 12 heteroatoms. The number of hydrogen-bond donors (Lipinski definition) is 2. The Labute approximate surface area is 228 Å². The molecule has 39 heavy (non-hydrogen) atoms. The predicted molar refractivity (Wildman–Crippen MR) is 142 cm³/mol. The lowest BCUT2D eigenvalue weighted by atomic mass is 9.74. The lowest BCUT2D eigenvalue weighted by molar-refractivity contribution is -0.158. The maximum absolute atomic E-state index is 13.5. The number of nitrogens with zero attached hydrogens (tertiary/aromatic N) is 2. The fourth-order valence-corrected chi connectivity index (χ4v) is 4.02. The number of carbonyl (C=O) groups excluding carboxylic acids is 4. The van der Waals surface area contributed by atoms with Crippen LogP contribution in [0.2, 0.25) is 0 Å². The van der Waals surface area contributed by atoms with Crippen molar-refractivity contribution in [1.82, 2.24) is 20.6 Å². The van der Waals surface area contributed by atoms with Gasteiger partial charge in [0.2, 0.25) is 5.91 Å². The second-order valence-electron chi connectivity index (χ2n) is 10.8. The van der Waals surface area contributed by atoms with Crippen LogP contribution in [0.1, 0.15) is 63.5 Å². The molecule has 208 valence electrons. The van der Waals surface area contributed by atoms with Crippen molar-refractivity contribution in [3.63, 3.8) is 0 Å². The molecule has 0 aliphatic carbocycles. The van der Waals surface area contributed by atoms with Gasteiger partial charge in [-0.2, -0.15) is 0 Å². The number of hydrogen-bond acceptors (Lipinski definition) is 9.